The fraction of sp³-hybridized carbons (Fsp3) is 0.538. The molecule has 17 heavy (non-hydrogen) atoms. The SMILES string of the molecule is CC[NH+]1CC[NH+](Cc2cc(F)ccc2F)CC1. The van der Waals surface area contributed by atoms with Gasteiger partial charge in [-0.05, 0) is 25.1 Å². The van der Waals surface area contributed by atoms with Crippen molar-refractivity contribution in [3.63, 3.8) is 0 Å². The molecule has 2 N–H and O–H groups in total. The Morgan fingerprint density at radius 1 is 1.06 bits per heavy atom. The van der Waals surface area contributed by atoms with E-state index in [4.69, 9.17) is 0 Å². The number of quaternary nitrogens is 2. The topological polar surface area (TPSA) is 8.88 Å². The number of piperazine rings is 1. The Balaban J connectivity index is 1.95. The molecule has 1 aromatic rings. The first-order chi connectivity index (χ1) is 8.19. The Kier molecular flexibility index (Phi) is 4.07. The summed E-state index contributed by atoms with van der Waals surface area (Å²) in [6.45, 7) is 8.28. The molecule has 0 aromatic heterocycles. The Morgan fingerprint density at radius 3 is 2.35 bits per heavy atom. The van der Waals surface area contributed by atoms with E-state index in [2.05, 4.69) is 6.92 Å². The van der Waals surface area contributed by atoms with E-state index in [1.807, 2.05) is 0 Å². The van der Waals surface area contributed by atoms with Gasteiger partial charge in [-0.15, -0.1) is 0 Å². The lowest BCUT2D eigenvalue weighted by Gasteiger charge is -2.29. The lowest BCUT2D eigenvalue weighted by atomic mass is 10.2. The van der Waals surface area contributed by atoms with Gasteiger partial charge in [0.25, 0.3) is 0 Å². The Hall–Kier alpha value is -1.00. The van der Waals surface area contributed by atoms with Gasteiger partial charge < -0.3 is 9.80 Å². The highest BCUT2D eigenvalue weighted by Gasteiger charge is 2.22. The van der Waals surface area contributed by atoms with Crippen LogP contribution in [-0.2, 0) is 6.54 Å². The molecule has 0 atom stereocenters. The van der Waals surface area contributed by atoms with E-state index in [0.717, 1.165) is 32.7 Å². The van der Waals surface area contributed by atoms with Crippen LogP contribution in [0, 0.1) is 11.6 Å². The zero-order valence-electron chi connectivity index (χ0n) is 10.2. The molecule has 0 amide bonds. The normalized spacial score (nSPS) is 24.9. The first-order valence-electron chi connectivity index (χ1n) is 6.30. The molecule has 94 valence electrons. The molecule has 2 nitrogen and oxygen atoms in total. The highest BCUT2D eigenvalue weighted by atomic mass is 19.1. The van der Waals surface area contributed by atoms with Gasteiger partial charge in [-0.2, -0.15) is 0 Å². The summed E-state index contributed by atoms with van der Waals surface area (Å²) in [4.78, 5) is 2.96. The second kappa shape index (κ2) is 5.56. The molecule has 1 aromatic carbocycles. The van der Waals surface area contributed by atoms with Crippen LogP contribution in [0.1, 0.15) is 12.5 Å². The maximum atomic E-state index is 13.5. The first-order valence-corrected chi connectivity index (χ1v) is 6.30. The van der Waals surface area contributed by atoms with Crippen LogP contribution in [0.4, 0.5) is 8.78 Å². The predicted octanol–water partition coefficient (Wildman–Crippen LogP) is -0.732. The molecule has 1 fully saturated rings. The predicted molar refractivity (Wildman–Crippen MR) is 62.0 cm³/mol. The van der Waals surface area contributed by atoms with Crippen molar-refractivity contribution >= 4 is 0 Å². The van der Waals surface area contributed by atoms with Crippen molar-refractivity contribution in [2.24, 2.45) is 0 Å². The minimum absolute atomic E-state index is 0.288. The molecule has 2 rings (SSSR count). The minimum atomic E-state index is -0.349. The fourth-order valence-corrected chi connectivity index (χ4v) is 2.44. The van der Waals surface area contributed by atoms with Gasteiger partial charge in [0.1, 0.15) is 44.4 Å². The molecule has 1 aliphatic heterocycles. The number of hydrogen-bond acceptors (Lipinski definition) is 0. The van der Waals surface area contributed by atoms with E-state index in [1.165, 1.54) is 23.1 Å². The summed E-state index contributed by atoms with van der Waals surface area (Å²) in [7, 11) is 0. The first kappa shape index (κ1) is 12.5. The summed E-state index contributed by atoms with van der Waals surface area (Å²) in [5.41, 5.74) is 0.500. The molecule has 1 aliphatic rings. The molecule has 0 radical (unpaired) electrons. The number of hydrogen-bond donors (Lipinski definition) is 2. The summed E-state index contributed by atoms with van der Waals surface area (Å²) in [5.74, 6) is -0.636. The van der Waals surface area contributed by atoms with E-state index in [0.29, 0.717) is 12.1 Å². The number of likely N-dealkylation sites (N-methyl/N-ethyl adjacent to an activating group) is 1. The van der Waals surface area contributed by atoms with Gasteiger partial charge in [-0.25, -0.2) is 8.78 Å². The Morgan fingerprint density at radius 2 is 1.71 bits per heavy atom. The molecule has 0 spiro atoms. The molecule has 0 bridgehead atoms. The average Bonchev–Trinajstić information content (AvgIpc) is 2.35. The fourth-order valence-electron chi connectivity index (χ4n) is 2.44. The van der Waals surface area contributed by atoms with Crippen molar-refractivity contribution < 1.29 is 18.6 Å². The number of halogens is 2. The van der Waals surface area contributed by atoms with E-state index >= 15 is 0 Å². The highest BCUT2D eigenvalue weighted by Crippen LogP contribution is 2.08. The van der Waals surface area contributed by atoms with Gasteiger partial charge in [0.15, 0.2) is 0 Å². The van der Waals surface area contributed by atoms with Crippen LogP contribution in [-0.4, -0.2) is 32.7 Å². The second-order valence-corrected chi connectivity index (χ2v) is 4.77. The van der Waals surface area contributed by atoms with Crippen molar-refractivity contribution in [3.8, 4) is 0 Å². The van der Waals surface area contributed by atoms with Gasteiger partial charge >= 0.3 is 0 Å². The van der Waals surface area contributed by atoms with Crippen LogP contribution in [0.2, 0.25) is 0 Å². The van der Waals surface area contributed by atoms with E-state index in [9.17, 15) is 8.78 Å². The van der Waals surface area contributed by atoms with E-state index < -0.39 is 0 Å². The third-order valence-electron chi connectivity index (χ3n) is 3.61. The molecule has 1 heterocycles. The summed E-state index contributed by atoms with van der Waals surface area (Å²) in [5, 5.41) is 0. The summed E-state index contributed by atoms with van der Waals surface area (Å²) in [6, 6.07) is 3.71. The Bertz CT molecular complexity index is 374. The van der Waals surface area contributed by atoms with Crippen LogP contribution < -0.4 is 9.80 Å². The van der Waals surface area contributed by atoms with E-state index in [-0.39, 0.29) is 11.6 Å². The van der Waals surface area contributed by atoms with Crippen molar-refractivity contribution in [1.82, 2.24) is 0 Å². The summed E-state index contributed by atoms with van der Waals surface area (Å²) in [6.07, 6.45) is 0. The second-order valence-electron chi connectivity index (χ2n) is 4.77. The lowest BCUT2D eigenvalue weighted by Crippen LogP contribution is -3.27. The number of benzene rings is 1. The molecule has 0 aliphatic carbocycles. The lowest BCUT2D eigenvalue weighted by molar-refractivity contribution is -1.02. The van der Waals surface area contributed by atoms with Gasteiger partial charge in [0, 0.05) is 5.56 Å². The molecular weight excluding hydrogens is 222 g/mol. The number of rotatable bonds is 3. The molecule has 0 unspecified atom stereocenters. The summed E-state index contributed by atoms with van der Waals surface area (Å²) < 4.78 is 26.5. The Labute approximate surface area is 101 Å². The van der Waals surface area contributed by atoms with Gasteiger partial charge in [0.05, 0.1) is 6.54 Å². The zero-order chi connectivity index (χ0) is 12.3. The maximum absolute atomic E-state index is 13.5. The number of nitrogens with one attached hydrogen (secondary N) is 2. The molecular formula is C13H20F2N2+2. The smallest absolute Gasteiger partial charge is 0.132 e. The summed E-state index contributed by atoms with van der Waals surface area (Å²) >= 11 is 0. The monoisotopic (exact) mass is 242 g/mol. The van der Waals surface area contributed by atoms with Gasteiger partial charge in [-0.1, -0.05) is 0 Å². The van der Waals surface area contributed by atoms with Crippen LogP contribution >= 0.6 is 0 Å². The molecule has 1 saturated heterocycles. The van der Waals surface area contributed by atoms with Crippen LogP contribution in [0.15, 0.2) is 18.2 Å². The minimum Gasteiger partial charge on any atom is -0.326 e. The quantitative estimate of drug-likeness (QED) is 0.691. The highest BCUT2D eigenvalue weighted by molar-refractivity contribution is 5.17. The zero-order valence-corrected chi connectivity index (χ0v) is 10.2. The molecule has 4 heteroatoms. The third-order valence-corrected chi connectivity index (χ3v) is 3.61. The maximum Gasteiger partial charge on any atom is 0.132 e. The third kappa shape index (κ3) is 3.23. The van der Waals surface area contributed by atoms with Crippen molar-refractivity contribution in [2.75, 3.05) is 32.7 Å². The van der Waals surface area contributed by atoms with Crippen LogP contribution in [0.5, 0.6) is 0 Å². The van der Waals surface area contributed by atoms with Crippen molar-refractivity contribution in [1.29, 1.82) is 0 Å². The van der Waals surface area contributed by atoms with Crippen LogP contribution in [0.3, 0.4) is 0 Å². The molecule has 0 saturated carbocycles. The van der Waals surface area contributed by atoms with Crippen LogP contribution in [0.25, 0.3) is 0 Å². The largest absolute Gasteiger partial charge is 0.326 e. The standard InChI is InChI=1S/C13H18F2N2/c1-2-16-5-7-17(8-6-16)10-11-9-12(14)3-4-13(11)15/h3-4,9H,2,5-8,10H2,1H3/p+2. The van der Waals surface area contributed by atoms with Gasteiger partial charge in [-0.3, -0.25) is 0 Å². The van der Waals surface area contributed by atoms with E-state index in [1.54, 1.807) is 4.90 Å². The van der Waals surface area contributed by atoms with Gasteiger partial charge in [0.2, 0.25) is 0 Å². The van der Waals surface area contributed by atoms with Crippen molar-refractivity contribution in [3.05, 3.63) is 35.4 Å². The van der Waals surface area contributed by atoms with Crippen molar-refractivity contribution in [2.45, 2.75) is 13.5 Å². The average molecular weight is 242 g/mol.